The highest BCUT2D eigenvalue weighted by molar-refractivity contribution is 14.0. The lowest BCUT2D eigenvalue weighted by atomic mass is 9.92. The zero-order valence-electron chi connectivity index (χ0n) is 18.0. The number of carbonyl (C=O) groups is 1. The smallest absolute Gasteiger partial charge is 0.227 e. The number of ether oxygens (including phenoxy) is 1. The fraction of sp³-hybridized carbons (Fsp3) is 0.778. The second-order valence-electron chi connectivity index (χ2n) is 6.96. The largest absolute Gasteiger partial charge is 0.382 e. The molecule has 10 heteroatoms. The lowest BCUT2D eigenvalue weighted by Gasteiger charge is -2.25. The third kappa shape index (κ3) is 9.18. The molecule has 1 aromatic rings. The van der Waals surface area contributed by atoms with Gasteiger partial charge in [0.2, 0.25) is 5.91 Å². The fourth-order valence-corrected chi connectivity index (χ4v) is 2.22. The van der Waals surface area contributed by atoms with E-state index in [1.54, 1.807) is 0 Å². The molecule has 3 N–H and O–H groups in total. The Bertz CT molecular complexity index is 617. The maximum atomic E-state index is 12.2. The molecule has 0 aromatic carbocycles. The Kier molecular flexibility index (Phi) is 13.0. The van der Waals surface area contributed by atoms with Gasteiger partial charge >= 0.3 is 0 Å². The van der Waals surface area contributed by atoms with Crippen LogP contribution in [0.2, 0.25) is 0 Å². The minimum absolute atomic E-state index is 0. The van der Waals surface area contributed by atoms with Crippen LogP contribution in [-0.2, 0) is 23.1 Å². The number of guanidine groups is 1. The minimum atomic E-state index is -0.550. The van der Waals surface area contributed by atoms with Crippen molar-refractivity contribution in [3.8, 4) is 0 Å². The highest BCUT2D eigenvalue weighted by Gasteiger charge is 2.27. The molecule has 0 bridgehead atoms. The highest BCUT2D eigenvalue weighted by Crippen LogP contribution is 2.13. The molecule has 0 aliphatic heterocycles. The van der Waals surface area contributed by atoms with E-state index in [4.69, 9.17) is 4.74 Å². The van der Waals surface area contributed by atoms with Gasteiger partial charge in [0, 0.05) is 39.9 Å². The minimum Gasteiger partial charge on any atom is -0.382 e. The molecule has 0 atom stereocenters. The maximum Gasteiger partial charge on any atom is 0.227 e. The summed E-state index contributed by atoms with van der Waals surface area (Å²) >= 11 is 0. The summed E-state index contributed by atoms with van der Waals surface area (Å²) in [5, 5.41) is 17.6. The van der Waals surface area contributed by atoms with E-state index in [2.05, 4.69) is 31.1 Å². The Morgan fingerprint density at radius 2 is 1.93 bits per heavy atom. The number of hydrogen-bond acceptors (Lipinski definition) is 5. The van der Waals surface area contributed by atoms with Crippen LogP contribution in [0.25, 0.3) is 0 Å². The molecule has 0 aliphatic carbocycles. The van der Waals surface area contributed by atoms with Gasteiger partial charge in [0.1, 0.15) is 12.4 Å². The van der Waals surface area contributed by atoms with E-state index in [1.807, 2.05) is 46.2 Å². The van der Waals surface area contributed by atoms with Crippen LogP contribution >= 0.6 is 24.0 Å². The number of rotatable bonds is 11. The van der Waals surface area contributed by atoms with Crippen molar-refractivity contribution in [3.63, 3.8) is 0 Å². The number of nitrogens with zero attached hydrogens (tertiary/aromatic N) is 4. The molecule has 0 saturated heterocycles. The number of carbonyl (C=O) groups excluding carboxylic acids is 1. The molecule has 0 radical (unpaired) electrons. The predicted molar refractivity (Wildman–Crippen MR) is 122 cm³/mol. The topological polar surface area (TPSA) is 105 Å². The van der Waals surface area contributed by atoms with E-state index in [0.29, 0.717) is 38.8 Å². The molecule has 0 aliphatic rings. The standard InChI is InChI=1S/C18H35N7O2.HI/c1-7-19-16(26)18(4,5)13-22-17(20-10-9-11-27-8-2)21-12-15-24-23-14(3)25(15)6;/h7-13H2,1-6H3,(H,19,26)(H2,20,21,22);1H. The van der Waals surface area contributed by atoms with Gasteiger partial charge in [0.05, 0.1) is 5.41 Å². The summed E-state index contributed by atoms with van der Waals surface area (Å²) in [7, 11) is 1.92. The molecule has 162 valence electrons. The molecule has 1 heterocycles. The zero-order valence-corrected chi connectivity index (χ0v) is 20.3. The van der Waals surface area contributed by atoms with E-state index in [1.165, 1.54) is 0 Å². The molecule has 0 spiro atoms. The zero-order chi connectivity index (χ0) is 20.3. The first-order valence-electron chi connectivity index (χ1n) is 9.54. The Morgan fingerprint density at radius 1 is 1.21 bits per heavy atom. The second kappa shape index (κ2) is 13.7. The monoisotopic (exact) mass is 509 g/mol. The van der Waals surface area contributed by atoms with Crippen molar-refractivity contribution in [2.45, 2.75) is 47.6 Å². The van der Waals surface area contributed by atoms with Crippen LogP contribution in [-0.4, -0.2) is 59.5 Å². The van der Waals surface area contributed by atoms with Crippen LogP contribution in [0.5, 0.6) is 0 Å². The normalized spacial score (nSPS) is 11.7. The quantitative estimate of drug-likeness (QED) is 0.180. The Balaban J connectivity index is 0.00000729. The number of aromatic nitrogens is 3. The molecule has 1 amide bonds. The van der Waals surface area contributed by atoms with Crippen molar-refractivity contribution in [1.29, 1.82) is 0 Å². The van der Waals surface area contributed by atoms with Crippen LogP contribution < -0.4 is 16.0 Å². The maximum absolute atomic E-state index is 12.2. The lowest BCUT2D eigenvalue weighted by molar-refractivity contribution is -0.128. The summed E-state index contributed by atoms with van der Waals surface area (Å²) in [6.45, 7) is 13.2. The van der Waals surface area contributed by atoms with Crippen molar-refractivity contribution in [1.82, 2.24) is 30.7 Å². The van der Waals surface area contributed by atoms with Gasteiger partial charge in [-0.3, -0.25) is 4.79 Å². The van der Waals surface area contributed by atoms with E-state index >= 15 is 0 Å². The van der Waals surface area contributed by atoms with Gasteiger partial charge in [0.25, 0.3) is 0 Å². The molecule has 0 fully saturated rings. The Labute approximate surface area is 185 Å². The number of halogens is 1. The van der Waals surface area contributed by atoms with Crippen molar-refractivity contribution in [2.75, 3.05) is 32.8 Å². The van der Waals surface area contributed by atoms with Crippen molar-refractivity contribution in [2.24, 2.45) is 17.5 Å². The highest BCUT2D eigenvalue weighted by atomic mass is 127. The van der Waals surface area contributed by atoms with Crippen LogP contribution in [0.15, 0.2) is 4.99 Å². The number of hydrogen-bond donors (Lipinski definition) is 3. The van der Waals surface area contributed by atoms with Gasteiger partial charge < -0.3 is 25.3 Å². The number of aliphatic imine (C=N–C) groups is 1. The molecular weight excluding hydrogens is 473 g/mol. The second-order valence-corrected chi connectivity index (χ2v) is 6.96. The van der Waals surface area contributed by atoms with Gasteiger partial charge in [-0.1, -0.05) is 0 Å². The molecule has 1 rings (SSSR count). The number of amides is 1. The first kappa shape index (κ1) is 26.6. The summed E-state index contributed by atoms with van der Waals surface area (Å²) in [4.78, 5) is 16.8. The van der Waals surface area contributed by atoms with E-state index in [9.17, 15) is 4.79 Å². The van der Waals surface area contributed by atoms with Crippen LogP contribution in [0.4, 0.5) is 0 Å². The number of nitrogens with one attached hydrogen (secondary N) is 3. The van der Waals surface area contributed by atoms with Crippen molar-refractivity contribution >= 4 is 35.8 Å². The summed E-state index contributed by atoms with van der Waals surface area (Å²) in [6, 6.07) is 0. The summed E-state index contributed by atoms with van der Waals surface area (Å²) in [5.41, 5.74) is -0.550. The van der Waals surface area contributed by atoms with E-state index in [0.717, 1.165) is 24.6 Å². The van der Waals surface area contributed by atoms with Gasteiger partial charge in [-0.2, -0.15) is 0 Å². The van der Waals surface area contributed by atoms with E-state index in [-0.39, 0.29) is 29.9 Å². The summed E-state index contributed by atoms with van der Waals surface area (Å²) in [5.74, 6) is 2.28. The van der Waals surface area contributed by atoms with Gasteiger partial charge in [-0.25, -0.2) is 4.99 Å². The van der Waals surface area contributed by atoms with Gasteiger partial charge in [-0.15, -0.1) is 34.2 Å². The summed E-state index contributed by atoms with van der Waals surface area (Å²) in [6.07, 6.45) is 0.872. The number of aryl methyl sites for hydroxylation is 1. The van der Waals surface area contributed by atoms with Crippen molar-refractivity contribution < 1.29 is 9.53 Å². The molecular formula is C18H36IN7O2. The summed E-state index contributed by atoms with van der Waals surface area (Å²) < 4.78 is 7.27. The first-order valence-corrected chi connectivity index (χ1v) is 9.54. The fourth-order valence-electron chi connectivity index (χ4n) is 2.22. The first-order chi connectivity index (χ1) is 12.8. The predicted octanol–water partition coefficient (Wildman–Crippen LogP) is 1.37. The van der Waals surface area contributed by atoms with Gasteiger partial charge in [0.15, 0.2) is 11.8 Å². The molecule has 9 nitrogen and oxygen atoms in total. The Hall–Kier alpha value is -1.43. The SMILES string of the molecule is CCNC(=O)C(C)(C)CNC(=NCc1nnc(C)n1C)NCCCOCC.I. The molecule has 1 aromatic heterocycles. The van der Waals surface area contributed by atoms with E-state index < -0.39 is 5.41 Å². The van der Waals surface area contributed by atoms with Crippen LogP contribution in [0.3, 0.4) is 0 Å². The third-order valence-electron chi connectivity index (χ3n) is 4.17. The lowest BCUT2D eigenvalue weighted by Crippen LogP contribution is -2.48. The van der Waals surface area contributed by atoms with Gasteiger partial charge in [-0.05, 0) is 41.0 Å². The third-order valence-corrected chi connectivity index (χ3v) is 4.17. The average molecular weight is 509 g/mol. The van der Waals surface area contributed by atoms with Crippen molar-refractivity contribution in [3.05, 3.63) is 11.6 Å². The molecule has 28 heavy (non-hydrogen) atoms. The van der Waals surface area contributed by atoms with Crippen LogP contribution in [0, 0.1) is 12.3 Å². The molecule has 0 saturated carbocycles. The average Bonchev–Trinajstić information content (AvgIpc) is 2.95. The Morgan fingerprint density at radius 3 is 2.50 bits per heavy atom. The molecule has 0 unspecified atom stereocenters. The van der Waals surface area contributed by atoms with Crippen LogP contribution in [0.1, 0.15) is 45.8 Å².